The van der Waals surface area contributed by atoms with E-state index in [0.717, 1.165) is 16.5 Å². The van der Waals surface area contributed by atoms with E-state index in [9.17, 15) is 9.59 Å². The van der Waals surface area contributed by atoms with Crippen molar-refractivity contribution in [3.8, 4) is 0 Å². The highest BCUT2D eigenvalue weighted by molar-refractivity contribution is 6.30. The Balaban J connectivity index is 1.46. The third kappa shape index (κ3) is 4.30. The highest BCUT2D eigenvalue weighted by atomic mass is 35.5. The molecule has 6 nitrogen and oxygen atoms in total. The van der Waals surface area contributed by atoms with Crippen LogP contribution in [0.1, 0.15) is 15.9 Å². The number of halogens is 1. The smallest absolute Gasteiger partial charge is 0.333 e. The van der Waals surface area contributed by atoms with Gasteiger partial charge in [0.1, 0.15) is 0 Å². The second-order valence-corrected chi connectivity index (χ2v) is 5.90. The number of benzene rings is 2. The van der Waals surface area contributed by atoms with Gasteiger partial charge in [0.15, 0.2) is 0 Å². The van der Waals surface area contributed by atoms with Crippen LogP contribution in [-0.2, 0) is 6.42 Å². The van der Waals surface area contributed by atoms with Crippen molar-refractivity contribution in [3.05, 3.63) is 70.9 Å². The van der Waals surface area contributed by atoms with Gasteiger partial charge in [-0.3, -0.25) is 10.2 Å². The minimum atomic E-state index is -0.477. The first-order chi connectivity index (χ1) is 12.1. The molecule has 128 valence electrons. The lowest BCUT2D eigenvalue weighted by molar-refractivity contribution is 0.0938. The van der Waals surface area contributed by atoms with Crippen molar-refractivity contribution < 1.29 is 9.59 Å². The summed E-state index contributed by atoms with van der Waals surface area (Å²) in [6.07, 6.45) is 2.25. The van der Waals surface area contributed by atoms with Crippen LogP contribution in [0.3, 0.4) is 0 Å². The Hall–Kier alpha value is -2.99. The number of H-pyrrole nitrogens is 1. The van der Waals surface area contributed by atoms with Crippen molar-refractivity contribution in [1.29, 1.82) is 0 Å². The third-order valence-electron chi connectivity index (χ3n) is 3.71. The molecule has 3 aromatic rings. The van der Waals surface area contributed by atoms with E-state index in [4.69, 9.17) is 11.6 Å². The Labute approximate surface area is 149 Å². The molecule has 0 saturated heterocycles. The molecule has 0 saturated carbocycles. The average Bonchev–Trinajstić information content (AvgIpc) is 3.04. The van der Waals surface area contributed by atoms with Crippen LogP contribution < -0.4 is 16.2 Å². The number of aromatic amines is 1. The molecule has 7 heteroatoms. The van der Waals surface area contributed by atoms with Gasteiger partial charge in [0.2, 0.25) is 0 Å². The largest absolute Gasteiger partial charge is 0.360 e. The highest BCUT2D eigenvalue weighted by Gasteiger charge is 2.12. The van der Waals surface area contributed by atoms with E-state index in [-0.39, 0.29) is 5.91 Å². The number of hydrazine groups is 1. The van der Waals surface area contributed by atoms with E-state index in [1.54, 1.807) is 12.3 Å². The van der Waals surface area contributed by atoms with E-state index in [0.29, 0.717) is 23.6 Å². The first-order valence-electron chi connectivity index (χ1n) is 7.78. The molecule has 0 aliphatic heterocycles. The predicted octanol–water partition coefficient (Wildman–Crippen LogP) is 3.01. The predicted molar refractivity (Wildman–Crippen MR) is 97.5 cm³/mol. The van der Waals surface area contributed by atoms with Gasteiger partial charge in [-0.05, 0) is 30.2 Å². The van der Waals surface area contributed by atoms with E-state index in [2.05, 4.69) is 21.2 Å². The van der Waals surface area contributed by atoms with Crippen LogP contribution in [0.5, 0.6) is 0 Å². The van der Waals surface area contributed by atoms with Gasteiger partial charge in [-0.2, -0.15) is 0 Å². The standard InChI is InChI=1S/C18H17ClN4O2/c19-13-5-3-4-12(10-13)8-9-20-18(25)23-22-17(24)15-11-21-16-7-2-1-6-14(15)16/h1-7,10-11,21H,8-9H2,(H,22,24)(H2,20,23,25). The zero-order chi connectivity index (χ0) is 17.6. The van der Waals surface area contributed by atoms with Gasteiger partial charge in [0.25, 0.3) is 5.91 Å². The molecule has 0 atom stereocenters. The monoisotopic (exact) mass is 356 g/mol. The Kier molecular flexibility index (Phi) is 5.20. The lowest BCUT2D eigenvalue weighted by Gasteiger charge is -2.09. The second-order valence-electron chi connectivity index (χ2n) is 5.46. The first-order valence-corrected chi connectivity index (χ1v) is 8.16. The molecule has 0 aliphatic carbocycles. The Morgan fingerprint density at radius 2 is 1.88 bits per heavy atom. The molecular weight excluding hydrogens is 340 g/mol. The fourth-order valence-electron chi connectivity index (χ4n) is 2.50. The summed E-state index contributed by atoms with van der Waals surface area (Å²) in [5.41, 5.74) is 7.09. The molecule has 0 radical (unpaired) electrons. The summed E-state index contributed by atoms with van der Waals surface area (Å²) in [6.45, 7) is 0.426. The lowest BCUT2D eigenvalue weighted by Crippen LogP contribution is -2.47. The molecule has 1 heterocycles. The zero-order valence-electron chi connectivity index (χ0n) is 13.3. The zero-order valence-corrected chi connectivity index (χ0v) is 14.1. The third-order valence-corrected chi connectivity index (χ3v) is 3.95. The van der Waals surface area contributed by atoms with Crippen LogP contribution in [0.15, 0.2) is 54.7 Å². The van der Waals surface area contributed by atoms with Crippen LogP contribution in [0.4, 0.5) is 4.79 Å². The minimum absolute atomic E-state index is 0.387. The number of urea groups is 1. The summed E-state index contributed by atoms with van der Waals surface area (Å²) in [5, 5.41) is 4.13. The number of amides is 3. The first kappa shape index (κ1) is 16.9. The molecule has 2 aromatic carbocycles. The van der Waals surface area contributed by atoms with Gasteiger partial charge < -0.3 is 10.3 Å². The fourth-order valence-corrected chi connectivity index (χ4v) is 2.71. The van der Waals surface area contributed by atoms with Crippen molar-refractivity contribution in [2.24, 2.45) is 0 Å². The number of carbonyl (C=O) groups excluding carboxylic acids is 2. The molecule has 0 aliphatic rings. The summed E-state index contributed by atoms with van der Waals surface area (Å²) in [4.78, 5) is 26.9. The molecule has 0 bridgehead atoms. The molecule has 0 fully saturated rings. The van der Waals surface area contributed by atoms with Crippen LogP contribution in [0.2, 0.25) is 5.02 Å². The van der Waals surface area contributed by atoms with Crippen molar-refractivity contribution in [2.45, 2.75) is 6.42 Å². The summed E-state index contributed by atoms with van der Waals surface area (Å²) >= 11 is 5.91. The van der Waals surface area contributed by atoms with Gasteiger partial charge in [-0.1, -0.05) is 41.9 Å². The van der Waals surface area contributed by atoms with Crippen LogP contribution in [0, 0.1) is 0 Å². The van der Waals surface area contributed by atoms with E-state index < -0.39 is 6.03 Å². The maximum absolute atomic E-state index is 12.2. The van der Waals surface area contributed by atoms with Crippen molar-refractivity contribution in [2.75, 3.05) is 6.54 Å². The molecule has 0 spiro atoms. The van der Waals surface area contributed by atoms with Crippen LogP contribution >= 0.6 is 11.6 Å². The summed E-state index contributed by atoms with van der Waals surface area (Å²) < 4.78 is 0. The summed E-state index contributed by atoms with van der Waals surface area (Å²) in [5.74, 6) is -0.387. The number of hydrogen-bond acceptors (Lipinski definition) is 2. The van der Waals surface area contributed by atoms with E-state index >= 15 is 0 Å². The number of para-hydroxylation sites is 1. The number of carbonyl (C=O) groups is 2. The molecule has 0 unspecified atom stereocenters. The van der Waals surface area contributed by atoms with E-state index in [1.165, 1.54) is 0 Å². The summed E-state index contributed by atoms with van der Waals surface area (Å²) in [7, 11) is 0. The minimum Gasteiger partial charge on any atom is -0.360 e. The quantitative estimate of drug-likeness (QED) is 0.542. The number of aromatic nitrogens is 1. The number of nitrogens with one attached hydrogen (secondary N) is 4. The van der Waals surface area contributed by atoms with Gasteiger partial charge in [0, 0.05) is 28.7 Å². The van der Waals surface area contributed by atoms with Crippen LogP contribution in [0.25, 0.3) is 10.9 Å². The normalized spacial score (nSPS) is 10.4. The maximum atomic E-state index is 12.2. The maximum Gasteiger partial charge on any atom is 0.333 e. The van der Waals surface area contributed by atoms with E-state index in [1.807, 2.05) is 42.5 Å². The van der Waals surface area contributed by atoms with Gasteiger partial charge >= 0.3 is 6.03 Å². The highest BCUT2D eigenvalue weighted by Crippen LogP contribution is 2.17. The van der Waals surface area contributed by atoms with Crippen molar-refractivity contribution in [1.82, 2.24) is 21.2 Å². The fraction of sp³-hybridized carbons (Fsp3) is 0.111. The molecule has 3 rings (SSSR count). The molecule has 1 aromatic heterocycles. The molecule has 25 heavy (non-hydrogen) atoms. The van der Waals surface area contributed by atoms with Gasteiger partial charge in [-0.15, -0.1) is 0 Å². The number of rotatable bonds is 4. The number of hydrogen-bond donors (Lipinski definition) is 4. The van der Waals surface area contributed by atoms with Gasteiger partial charge in [0.05, 0.1) is 5.56 Å². The van der Waals surface area contributed by atoms with Crippen molar-refractivity contribution >= 4 is 34.4 Å². The molecule has 4 N–H and O–H groups in total. The number of fused-ring (bicyclic) bond motifs is 1. The molecule has 3 amide bonds. The second kappa shape index (κ2) is 7.72. The average molecular weight is 357 g/mol. The molecular formula is C18H17ClN4O2. The van der Waals surface area contributed by atoms with Crippen molar-refractivity contribution in [3.63, 3.8) is 0 Å². The SMILES string of the molecule is O=C(NCCc1cccc(Cl)c1)NNC(=O)c1c[nH]c2ccccc12. The van der Waals surface area contributed by atoms with Gasteiger partial charge in [-0.25, -0.2) is 10.2 Å². The topological polar surface area (TPSA) is 86.0 Å². The Morgan fingerprint density at radius 1 is 1.04 bits per heavy atom. The Bertz CT molecular complexity index is 907. The Morgan fingerprint density at radius 3 is 2.72 bits per heavy atom. The summed E-state index contributed by atoms with van der Waals surface area (Å²) in [6, 6.07) is 14.4. The van der Waals surface area contributed by atoms with Crippen LogP contribution in [-0.4, -0.2) is 23.5 Å². The lowest BCUT2D eigenvalue weighted by atomic mass is 10.1.